The van der Waals surface area contributed by atoms with E-state index in [0.29, 0.717) is 6.42 Å². The van der Waals surface area contributed by atoms with Crippen molar-refractivity contribution in [3.63, 3.8) is 0 Å². The highest BCUT2D eigenvalue weighted by Gasteiger charge is 2.23. The standard InChI is InChI=1S/C14H15BrN2O4/c1-20-13(18)12(17-14(19)21-2)5-8-7-16-11-4-3-9(15)6-10(8)11/h3-4,6-7,12,16H,5H2,1-2H3,(H,17,19). The Labute approximate surface area is 129 Å². The van der Waals surface area contributed by atoms with E-state index in [4.69, 9.17) is 4.74 Å². The number of benzene rings is 1. The lowest BCUT2D eigenvalue weighted by Gasteiger charge is -2.15. The number of H-pyrrole nitrogens is 1. The van der Waals surface area contributed by atoms with E-state index in [9.17, 15) is 9.59 Å². The fourth-order valence-electron chi connectivity index (χ4n) is 2.08. The third-order valence-corrected chi connectivity index (χ3v) is 3.61. The smallest absolute Gasteiger partial charge is 0.407 e. The molecule has 0 saturated carbocycles. The number of hydrogen-bond donors (Lipinski definition) is 2. The van der Waals surface area contributed by atoms with Crippen LogP contribution >= 0.6 is 15.9 Å². The molecule has 0 saturated heterocycles. The molecule has 2 rings (SSSR count). The largest absolute Gasteiger partial charge is 0.467 e. The third-order valence-electron chi connectivity index (χ3n) is 3.12. The first-order valence-corrected chi connectivity index (χ1v) is 7.02. The van der Waals surface area contributed by atoms with E-state index in [1.165, 1.54) is 14.2 Å². The van der Waals surface area contributed by atoms with Gasteiger partial charge in [0.25, 0.3) is 0 Å². The summed E-state index contributed by atoms with van der Waals surface area (Å²) in [4.78, 5) is 26.2. The average molecular weight is 355 g/mol. The Morgan fingerprint density at radius 2 is 2.10 bits per heavy atom. The van der Waals surface area contributed by atoms with Gasteiger partial charge < -0.3 is 19.8 Å². The molecule has 1 aromatic heterocycles. The van der Waals surface area contributed by atoms with Crippen LogP contribution in [0.25, 0.3) is 10.9 Å². The molecule has 1 aromatic carbocycles. The van der Waals surface area contributed by atoms with Gasteiger partial charge in [-0.1, -0.05) is 15.9 Å². The summed E-state index contributed by atoms with van der Waals surface area (Å²) >= 11 is 3.42. The molecule has 1 atom stereocenters. The van der Waals surface area contributed by atoms with Crippen molar-refractivity contribution >= 4 is 38.9 Å². The number of methoxy groups -OCH3 is 2. The highest BCUT2D eigenvalue weighted by Crippen LogP contribution is 2.23. The highest BCUT2D eigenvalue weighted by atomic mass is 79.9. The normalized spacial score (nSPS) is 12.0. The van der Waals surface area contributed by atoms with Gasteiger partial charge in [0, 0.05) is 28.0 Å². The zero-order valence-electron chi connectivity index (χ0n) is 11.6. The Balaban J connectivity index is 2.27. The fourth-order valence-corrected chi connectivity index (χ4v) is 2.44. The summed E-state index contributed by atoms with van der Waals surface area (Å²) in [7, 11) is 2.52. The van der Waals surface area contributed by atoms with Gasteiger partial charge in [-0.25, -0.2) is 9.59 Å². The molecule has 21 heavy (non-hydrogen) atoms. The van der Waals surface area contributed by atoms with Crippen LogP contribution in [0.5, 0.6) is 0 Å². The van der Waals surface area contributed by atoms with E-state index in [1.807, 2.05) is 24.4 Å². The number of carbonyl (C=O) groups excluding carboxylic acids is 2. The monoisotopic (exact) mass is 354 g/mol. The van der Waals surface area contributed by atoms with Gasteiger partial charge in [-0.2, -0.15) is 0 Å². The van der Waals surface area contributed by atoms with E-state index in [2.05, 4.69) is 31.0 Å². The average Bonchev–Trinajstić information content (AvgIpc) is 2.87. The summed E-state index contributed by atoms with van der Waals surface area (Å²) in [6, 6.07) is 5.00. The molecule has 6 nitrogen and oxygen atoms in total. The molecule has 112 valence electrons. The number of aromatic nitrogens is 1. The number of hydrogen-bond acceptors (Lipinski definition) is 4. The molecule has 2 aromatic rings. The number of rotatable bonds is 4. The fraction of sp³-hybridized carbons (Fsp3) is 0.286. The predicted octanol–water partition coefficient (Wildman–Crippen LogP) is 2.37. The molecule has 2 N–H and O–H groups in total. The van der Waals surface area contributed by atoms with E-state index >= 15 is 0 Å². The zero-order valence-corrected chi connectivity index (χ0v) is 13.2. The number of esters is 1. The number of fused-ring (bicyclic) bond motifs is 1. The molecule has 0 spiro atoms. The summed E-state index contributed by atoms with van der Waals surface area (Å²) < 4.78 is 10.2. The Kier molecular flexibility index (Phi) is 4.85. The number of alkyl carbamates (subject to hydrolysis) is 1. The van der Waals surface area contributed by atoms with Crippen LogP contribution in [0, 0.1) is 0 Å². The molecule has 0 aliphatic carbocycles. The van der Waals surface area contributed by atoms with E-state index in [1.54, 1.807) is 0 Å². The first-order valence-electron chi connectivity index (χ1n) is 6.23. The van der Waals surface area contributed by atoms with Crippen molar-refractivity contribution in [3.05, 3.63) is 34.4 Å². The lowest BCUT2D eigenvalue weighted by Crippen LogP contribution is -2.42. The molecular formula is C14H15BrN2O4. The lowest BCUT2D eigenvalue weighted by atomic mass is 10.1. The van der Waals surface area contributed by atoms with Gasteiger partial charge in [0.05, 0.1) is 14.2 Å². The Morgan fingerprint density at radius 3 is 2.76 bits per heavy atom. The third kappa shape index (κ3) is 3.55. The van der Waals surface area contributed by atoms with Crippen molar-refractivity contribution in [2.24, 2.45) is 0 Å². The maximum absolute atomic E-state index is 11.8. The minimum Gasteiger partial charge on any atom is -0.467 e. The van der Waals surface area contributed by atoms with Crippen LogP contribution < -0.4 is 5.32 Å². The summed E-state index contributed by atoms with van der Waals surface area (Å²) in [5.74, 6) is -0.523. The minimum absolute atomic E-state index is 0.304. The minimum atomic E-state index is -0.805. The van der Waals surface area contributed by atoms with E-state index < -0.39 is 18.1 Å². The number of aromatic amines is 1. The second-order valence-electron chi connectivity index (χ2n) is 4.42. The van der Waals surface area contributed by atoms with Crippen molar-refractivity contribution in [2.45, 2.75) is 12.5 Å². The molecule has 7 heteroatoms. The van der Waals surface area contributed by atoms with Gasteiger partial charge in [0.1, 0.15) is 6.04 Å². The van der Waals surface area contributed by atoms with Crippen LogP contribution in [-0.2, 0) is 20.7 Å². The summed E-state index contributed by atoms with van der Waals surface area (Å²) in [6.45, 7) is 0. The molecule has 0 fully saturated rings. The van der Waals surface area contributed by atoms with Gasteiger partial charge in [0.15, 0.2) is 0 Å². The number of ether oxygens (including phenoxy) is 2. The first-order chi connectivity index (χ1) is 10.0. The van der Waals surface area contributed by atoms with Gasteiger partial charge in [0.2, 0.25) is 0 Å². The molecular weight excluding hydrogens is 340 g/mol. The van der Waals surface area contributed by atoms with E-state index in [-0.39, 0.29) is 0 Å². The van der Waals surface area contributed by atoms with Gasteiger partial charge in [-0.15, -0.1) is 0 Å². The summed E-state index contributed by atoms with van der Waals surface area (Å²) in [5, 5.41) is 3.45. The van der Waals surface area contributed by atoms with Crippen LogP contribution in [0.3, 0.4) is 0 Å². The zero-order chi connectivity index (χ0) is 15.4. The number of carbonyl (C=O) groups is 2. The molecule has 0 bridgehead atoms. The maximum Gasteiger partial charge on any atom is 0.407 e. The van der Waals surface area contributed by atoms with Crippen molar-refractivity contribution in [1.82, 2.24) is 10.3 Å². The Morgan fingerprint density at radius 1 is 1.33 bits per heavy atom. The molecule has 0 aliphatic rings. The van der Waals surface area contributed by atoms with Crippen LogP contribution in [-0.4, -0.2) is 37.3 Å². The van der Waals surface area contributed by atoms with Gasteiger partial charge in [-0.3, -0.25) is 0 Å². The van der Waals surface area contributed by atoms with Crippen molar-refractivity contribution in [2.75, 3.05) is 14.2 Å². The SMILES string of the molecule is COC(=O)NC(Cc1c[nH]c2ccc(Br)cc12)C(=O)OC. The van der Waals surface area contributed by atoms with Crippen LogP contribution in [0.2, 0.25) is 0 Å². The first kappa shape index (κ1) is 15.4. The highest BCUT2D eigenvalue weighted by molar-refractivity contribution is 9.10. The number of amides is 1. The molecule has 0 aliphatic heterocycles. The molecule has 1 heterocycles. The van der Waals surface area contributed by atoms with Gasteiger partial charge >= 0.3 is 12.1 Å². The summed E-state index contributed by atoms with van der Waals surface area (Å²) in [6.07, 6.45) is 1.44. The Hall–Kier alpha value is -2.02. The molecule has 0 radical (unpaired) electrons. The number of nitrogens with one attached hydrogen (secondary N) is 2. The van der Waals surface area contributed by atoms with Crippen molar-refractivity contribution in [1.29, 1.82) is 0 Å². The van der Waals surface area contributed by atoms with Crippen LogP contribution in [0.4, 0.5) is 4.79 Å². The van der Waals surface area contributed by atoms with Crippen molar-refractivity contribution < 1.29 is 19.1 Å². The molecule has 1 unspecified atom stereocenters. The lowest BCUT2D eigenvalue weighted by molar-refractivity contribution is -0.142. The van der Waals surface area contributed by atoms with Gasteiger partial charge in [-0.05, 0) is 23.8 Å². The topological polar surface area (TPSA) is 80.4 Å². The van der Waals surface area contributed by atoms with Crippen LogP contribution in [0.15, 0.2) is 28.9 Å². The second-order valence-corrected chi connectivity index (χ2v) is 5.34. The quantitative estimate of drug-likeness (QED) is 0.826. The Bertz CT molecular complexity index is 668. The van der Waals surface area contributed by atoms with Crippen LogP contribution in [0.1, 0.15) is 5.56 Å². The van der Waals surface area contributed by atoms with Crippen molar-refractivity contribution in [3.8, 4) is 0 Å². The van der Waals surface area contributed by atoms with E-state index in [0.717, 1.165) is 20.9 Å². The number of halogens is 1. The second kappa shape index (κ2) is 6.62. The molecule has 1 amide bonds. The summed E-state index contributed by atoms with van der Waals surface area (Å²) in [5.41, 5.74) is 1.85. The predicted molar refractivity (Wildman–Crippen MR) is 81.0 cm³/mol. The maximum atomic E-state index is 11.8.